The molecule has 30 heavy (non-hydrogen) atoms. The number of benzene rings is 1. The summed E-state index contributed by atoms with van der Waals surface area (Å²) < 4.78 is 5.08. The molecule has 6 N–H and O–H groups in total. The molecule has 166 valence electrons. The Balaban J connectivity index is 2.83. The minimum atomic E-state index is -1.23. The van der Waals surface area contributed by atoms with E-state index >= 15 is 0 Å². The number of hydrogen-bond acceptors (Lipinski definition) is 7. The molecule has 0 aliphatic rings. The summed E-state index contributed by atoms with van der Waals surface area (Å²) in [5.74, 6) is -1.05. The molecule has 2 unspecified atom stereocenters. The van der Waals surface area contributed by atoms with Crippen LogP contribution in [0.4, 0.5) is 0 Å². The molecule has 0 spiro atoms. The Kier molecular flexibility index (Phi) is 10.5. The van der Waals surface area contributed by atoms with Gasteiger partial charge in [-0.05, 0) is 37.5 Å². The zero-order valence-corrected chi connectivity index (χ0v) is 17.3. The minimum Gasteiger partial charge on any atom is -0.497 e. The molecule has 4 atom stereocenters. The second kappa shape index (κ2) is 12.6. The van der Waals surface area contributed by atoms with Crippen molar-refractivity contribution in [2.45, 2.75) is 57.5 Å². The highest BCUT2D eigenvalue weighted by Crippen LogP contribution is 2.11. The van der Waals surface area contributed by atoms with E-state index in [-0.39, 0.29) is 19.4 Å². The zero-order chi connectivity index (χ0) is 22.7. The number of aliphatic hydroxyl groups is 2. The highest BCUT2D eigenvalue weighted by molar-refractivity contribution is 5.92. The van der Waals surface area contributed by atoms with Crippen LogP contribution in [0.3, 0.4) is 0 Å². The fraction of sp³-hybridized carbons (Fsp3) is 0.500. The number of nitrogens with one attached hydrogen (secondary N) is 4. The molecule has 0 fully saturated rings. The van der Waals surface area contributed by atoms with Gasteiger partial charge in [0.1, 0.15) is 17.8 Å². The van der Waals surface area contributed by atoms with E-state index in [0.717, 1.165) is 11.8 Å². The average molecular weight is 422 g/mol. The average Bonchev–Trinajstić information content (AvgIpc) is 2.72. The summed E-state index contributed by atoms with van der Waals surface area (Å²) in [6.45, 7) is 2.76. The van der Waals surface area contributed by atoms with Gasteiger partial charge in [0.2, 0.25) is 17.7 Å². The zero-order valence-electron chi connectivity index (χ0n) is 17.3. The van der Waals surface area contributed by atoms with Gasteiger partial charge in [0.15, 0.2) is 0 Å². The third-order valence-electron chi connectivity index (χ3n) is 4.33. The molecule has 0 saturated carbocycles. The number of amides is 3. The standard InChI is InChI=1S/C20H30N4O6/c1-12(25)18(23-13(2)26)20(29)24-17(9-6-15(27)10-21)19(28)22-11-14-4-7-16(30-3)8-5-14/h4-5,7-8,10,12,15,17-18,21,25,27H,6,9,11H2,1-3H3,(H,22,28)(H,23,26)(H,24,29)/t12?,15?,17-,18-/m0/s1. The molecule has 0 aromatic heterocycles. The molecule has 0 aliphatic heterocycles. The molecule has 0 radical (unpaired) electrons. The fourth-order valence-corrected chi connectivity index (χ4v) is 2.63. The normalized spacial score (nSPS) is 14.6. The molecule has 0 bridgehead atoms. The maximum absolute atomic E-state index is 12.7. The number of ether oxygens (including phenoxy) is 1. The van der Waals surface area contributed by atoms with Crippen LogP contribution < -0.4 is 20.7 Å². The van der Waals surface area contributed by atoms with Gasteiger partial charge in [0.05, 0.1) is 19.3 Å². The van der Waals surface area contributed by atoms with Crippen LogP contribution in [0.1, 0.15) is 32.3 Å². The number of methoxy groups -OCH3 is 1. The molecule has 0 heterocycles. The first-order chi connectivity index (χ1) is 14.2. The first-order valence-electron chi connectivity index (χ1n) is 9.52. The van der Waals surface area contributed by atoms with Crippen LogP contribution in [0.5, 0.6) is 5.75 Å². The quantitative estimate of drug-likeness (QED) is 0.248. The van der Waals surface area contributed by atoms with E-state index in [1.165, 1.54) is 13.8 Å². The van der Waals surface area contributed by atoms with Crippen LogP contribution in [0.15, 0.2) is 24.3 Å². The van der Waals surface area contributed by atoms with Crippen molar-refractivity contribution in [2.75, 3.05) is 7.11 Å². The summed E-state index contributed by atoms with van der Waals surface area (Å²) in [6, 6.07) is 4.81. The third-order valence-corrected chi connectivity index (χ3v) is 4.33. The lowest BCUT2D eigenvalue weighted by Gasteiger charge is -2.24. The molecule has 1 rings (SSSR count). The van der Waals surface area contributed by atoms with Crippen molar-refractivity contribution in [1.82, 2.24) is 16.0 Å². The number of rotatable bonds is 12. The summed E-state index contributed by atoms with van der Waals surface area (Å²) in [5, 5.41) is 34.0. The molecule has 0 aliphatic carbocycles. The van der Waals surface area contributed by atoms with Crippen LogP contribution in [-0.2, 0) is 20.9 Å². The van der Waals surface area contributed by atoms with E-state index in [9.17, 15) is 24.6 Å². The topological polar surface area (TPSA) is 161 Å². The van der Waals surface area contributed by atoms with E-state index in [0.29, 0.717) is 5.75 Å². The molecule has 3 amide bonds. The fourth-order valence-electron chi connectivity index (χ4n) is 2.63. The molecule has 0 saturated heterocycles. The lowest BCUT2D eigenvalue weighted by Crippen LogP contribution is -2.56. The lowest BCUT2D eigenvalue weighted by molar-refractivity contribution is -0.134. The highest BCUT2D eigenvalue weighted by Gasteiger charge is 2.29. The van der Waals surface area contributed by atoms with Crippen LogP contribution in [0.2, 0.25) is 0 Å². The van der Waals surface area contributed by atoms with Gasteiger partial charge in [-0.25, -0.2) is 0 Å². The molecule has 1 aromatic carbocycles. The predicted octanol–water partition coefficient (Wildman–Crippen LogP) is -0.528. The number of hydrogen-bond donors (Lipinski definition) is 6. The van der Waals surface area contributed by atoms with Gasteiger partial charge in [0.25, 0.3) is 0 Å². The Morgan fingerprint density at radius 1 is 1.10 bits per heavy atom. The van der Waals surface area contributed by atoms with E-state index in [2.05, 4.69) is 16.0 Å². The van der Waals surface area contributed by atoms with Crippen molar-refractivity contribution in [3.05, 3.63) is 29.8 Å². The Hall–Kier alpha value is -2.98. The van der Waals surface area contributed by atoms with E-state index < -0.39 is 42.0 Å². The lowest BCUT2D eigenvalue weighted by atomic mass is 10.1. The summed E-state index contributed by atoms with van der Waals surface area (Å²) in [6.07, 6.45) is -1.26. The smallest absolute Gasteiger partial charge is 0.245 e. The van der Waals surface area contributed by atoms with Gasteiger partial charge in [-0.3, -0.25) is 14.4 Å². The van der Waals surface area contributed by atoms with E-state index in [1.54, 1.807) is 31.4 Å². The Morgan fingerprint density at radius 2 is 1.73 bits per heavy atom. The largest absolute Gasteiger partial charge is 0.497 e. The maximum atomic E-state index is 12.7. The minimum absolute atomic E-state index is 0.0589. The van der Waals surface area contributed by atoms with Crippen LogP contribution in [0, 0.1) is 5.41 Å². The SMILES string of the molecule is COc1ccc(CNC(=O)[C@H](CCC(O)C=N)NC(=O)[C@@H](NC(C)=O)C(C)O)cc1. The second-order valence-electron chi connectivity index (χ2n) is 6.86. The van der Waals surface area contributed by atoms with Crippen molar-refractivity contribution in [2.24, 2.45) is 0 Å². The monoisotopic (exact) mass is 422 g/mol. The van der Waals surface area contributed by atoms with Crippen molar-refractivity contribution < 1.29 is 29.3 Å². The number of carbonyl (C=O) groups is 3. The Morgan fingerprint density at radius 3 is 2.23 bits per heavy atom. The summed E-state index contributed by atoms with van der Waals surface area (Å²) >= 11 is 0. The number of carbonyl (C=O) groups excluding carboxylic acids is 3. The first kappa shape index (κ1) is 25.1. The van der Waals surface area contributed by atoms with Crippen LogP contribution in [-0.4, -0.2) is 65.6 Å². The van der Waals surface area contributed by atoms with Crippen LogP contribution >= 0.6 is 0 Å². The summed E-state index contributed by atoms with van der Waals surface area (Å²) in [7, 11) is 1.55. The van der Waals surface area contributed by atoms with Gasteiger partial charge in [0, 0.05) is 19.7 Å². The van der Waals surface area contributed by atoms with Crippen LogP contribution in [0.25, 0.3) is 0 Å². The maximum Gasteiger partial charge on any atom is 0.245 e. The second-order valence-corrected chi connectivity index (χ2v) is 6.86. The Bertz CT molecular complexity index is 723. The third kappa shape index (κ3) is 8.58. The van der Waals surface area contributed by atoms with Gasteiger partial charge < -0.3 is 36.3 Å². The predicted molar refractivity (Wildman–Crippen MR) is 110 cm³/mol. The first-order valence-corrected chi connectivity index (χ1v) is 9.52. The van der Waals surface area contributed by atoms with Gasteiger partial charge >= 0.3 is 0 Å². The van der Waals surface area contributed by atoms with Crippen molar-refractivity contribution in [1.29, 1.82) is 5.41 Å². The molecule has 10 heteroatoms. The van der Waals surface area contributed by atoms with E-state index in [4.69, 9.17) is 10.1 Å². The highest BCUT2D eigenvalue weighted by atomic mass is 16.5. The molecular weight excluding hydrogens is 392 g/mol. The van der Waals surface area contributed by atoms with Gasteiger partial charge in [-0.2, -0.15) is 0 Å². The van der Waals surface area contributed by atoms with Gasteiger partial charge in [-0.15, -0.1) is 0 Å². The summed E-state index contributed by atoms with van der Waals surface area (Å²) in [5.41, 5.74) is 0.814. The molecular formula is C20H30N4O6. The summed E-state index contributed by atoms with van der Waals surface area (Å²) in [4.78, 5) is 36.5. The Labute approximate surface area is 175 Å². The molecule has 10 nitrogen and oxygen atoms in total. The van der Waals surface area contributed by atoms with Crippen molar-refractivity contribution in [3.8, 4) is 5.75 Å². The van der Waals surface area contributed by atoms with Crippen molar-refractivity contribution in [3.63, 3.8) is 0 Å². The van der Waals surface area contributed by atoms with Crippen molar-refractivity contribution >= 4 is 23.9 Å². The number of aliphatic hydroxyl groups excluding tert-OH is 2. The van der Waals surface area contributed by atoms with Gasteiger partial charge in [-0.1, -0.05) is 12.1 Å². The molecule has 1 aromatic rings. The van der Waals surface area contributed by atoms with E-state index in [1.807, 2.05) is 0 Å².